The summed E-state index contributed by atoms with van der Waals surface area (Å²) >= 11 is 0. The second-order valence-electron chi connectivity index (χ2n) is 9.21. The van der Waals surface area contributed by atoms with Gasteiger partial charge in [0.25, 0.3) is 0 Å². The summed E-state index contributed by atoms with van der Waals surface area (Å²) in [5.74, 6) is 1.97. The number of methoxy groups -OCH3 is 2. The van der Waals surface area contributed by atoms with Crippen molar-refractivity contribution in [2.24, 2.45) is 0 Å². The first kappa shape index (κ1) is 28.0. The molecule has 4 rings (SSSR count). The number of hydrogen-bond donors (Lipinski definition) is 1. The van der Waals surface area contributed by atoms with Crippen molar-refractivity contribution in [1.82, 2.24) is 0 Å². The third kappa shape index (κ3) is 6.53. The van der Waals surface area contributed by atoms with Gasteiger partial charge in [-0.2, -0.15) is 8.42 Å². The number of hydrogen-bond acceptors (Lipinski definition) is 7. The molecular formula is C31H32O7S. The number of aliphatic hydroxyl groups excluding tert-OH is 1. The predicted octanol–water partition coefficient (Wildman–Crippen LogP) is 6.06. The highest BCUT2D eigenvalue weighted by molar-refractivity contribution is 7.86. The van der Waals surface area contributed by atoms with Crippen LogP contribution in [0.2, 0.25) is 0 Å². The van der Waals surface area contributed by atoms with Gasteiger partial charge in [-0.25, -0.2) is 0 Å². The average molecular weight is 549 g/mol. The molecule has 0 saturated carbocycles. The second kappa shape index (κ2) is 11.8. The fraction of sp³-hybridized carbons (Fsp3) is 0.226. The molecular weight excluding hydrogens is 516 g/mol. The lowest BCUT2D eigenvalue weighted by Gasteiger charge is -2.20. The first-order chi connectivity index (χ1) is 18.6. The van der Waals surface area contributed by atoms with Crippen LogP contribution >= 0.6 is 0 Å². The van der Waals surface area contributed by atoms with Crippen LogP contribution in [-0.4, -0.2) is 34.0 Å². The van der Waals surface area contributed by atoms with Crippen LogP contribution in [0.5, 0.6) is 23.0 Å². The molecule has 8 heteroatoms. The van der Waals surface area contributed by atoms with Gasteiger partial charge in [-0.3, -0.25) is 0 Å². The number of ether oxygens (including phenoxy) is 3. The zero-order valence-electron chi connectivity index (χ0n) is 22.6. The minimum Gasteiger partial charge on any atom is -0.496 e. The third-order valence-electron chi connectivity index (χ3n) is 6.44. The Balaban J connectivity index is 1.70. The Labute approximate surface area is 229 Å². The van der Waals surface area contributed by atoms with Crippen molar-refractivity contribution in [2.75, 3.05) is 20.5 Å². The molecule has 0 aliphatic heterocycles. The van der Waals surface area contributed by atoms with Gasteiger partial charge in [-0.05, 0) is 77.6 Å². The quantitative estimate of drug-likeness (QED) is 0.241. The molecule has 4 aromatic rings. The summed E-state index contributed by atoms with van der Waals surface area (Å²) in [6.07, 6.45) is 1.000. The molecule has 0 atom stereocenters. The number of benzene rings is 4. The monoisotopic (exact) mass is 548 g/mol. The Kier molecular flexibility index (Phi) is 8.47. The zero-order valence-corrected chi connectivity index (χ0v) is 23.5. The lowest BCUT2D eigenvalue weighted by molar-refractivity contribution is 0.281. The van der Waals surface area contributed by atoms with Gasteiger partial charge < -0.3 is 23.5 Å². The Morgan fingerprint density at radius 2 is 1.41 bits per heavy atom. The van der Waals surface area contributed by atoms with Crippen LogP contribution in [0.4, 0.5) is 0 Å². The van der Waals surface area contributed by atoms with Crippen LogP contribution in [0.3, 0.4) is 0 Å². The Morgan fingerprint density at radius 1 is 0.769 bits per heavy atom. The van der Waals surface area contributed by atoms with E-state index in [1.54, 1.807) is 38.5 Å². The number of rotatable bonds is 10. The fourth-order valence-corrected chi connectivity index (χ4v) is 4.90. The summed E-state index contributed by atoms with van der Waals surface area (Å²) < 4.78 is 45.3. The largest absolute Gasteiger partial charge is 0.496 e. The van der Waals surface area contributed by atoms with E-state index in [4.69, 9.17) is 18.4 Å². The van der Waals surface area contributed by atoms with E-state index in [0.717, 1.165) is 39.6 Å². The predicted molar refractivity (Wildman–Crippen MR) is 152 cm³/mol. The van der Waals surface area contributed by atoms with Gasteiger partial charge in [0.05, 0.1) is 27.1 Å². The Morgan fingerprint density at radius 3 is 2.00 bits per heavy atom. The van der Waals surface area contributed by atoms with Crippen molar-refractivity contribution >= 4 is 10.1 Å². The summed E-state index contributed by atoms with van der Waals surface area (Å²) in [6, 6.07) is 22.4. The molecule has 0 spiro atoms. The van der Waals surface area contributed by atoms with Crippen LogP contribution < -0.4 is 18.4 Å². The molecule has 0 unspecified atom stereocenters. The van der Waals surface area contributed by atoms with E-state index >= 15 is 0 Å². The van der Waals surface area contributed by atoms with Gasteiger partial charge in [-0.15, -0.1) is 0 Å². The van der Waals surface area contributed by atoms with Crippen LogP contribution in [0.1, 0.15) is 22.3 Å². The van der Waals surface area contributed by atoms with Crippen molar-refractivity contribution in [1.29, 1.82) is 0 Å². The zero-order chi connectivity index (χ0) is 28.2. The molecule has 0 saturated heterocycles. The van der Waals surface area contributed by atoms with E-state index in [1.807, 2.05) is 62.4 Å². The Hall–Kier alpha value is -4.01. The highest BCUT2D eigenvalue weighted by Gasteiger charge is 2.20. The molecule has 7 nitrogen and oxygen atoms in total. The third-order valence-corrected chi connectivity index (χ3v) is 6.93. The molecule has 39 heavy (non-hydrogen) atoms. The SMILES string of the molecule is COc1cc(-c2c(OC)cc(-c3ccc(OS(C)(=O)=O)cc3)c(C)c2CO)ccc1OCc1ccc(C)cc1. The summed E-state index contributed by atoms with van der Waals surface area (Å²) in [4.78, 5) is 0. The highest BCUT2D eigenvalue weighted by atomic mass is 32.2. The lowest BCUT2D eigenvalue weighted by atomic mass is 9.89. The molecule has 4 aromatic carbocycles. The maximum atomic E-state index is 11.4. The first-order valence-electron chi connectivity index (χ1n) is 12.3. The van der Waals surface area contributed by atoms with E-state index in [1.165, 1.54) is 5.56 Å². The van der Waals surface area contributed by atoms with Crippen molar-refractivity contribution in [3.8, 4) is 45.3 Å². The first-order valence-corrected chi connectivity index (χ1v) is 14.1. The smallest absolute Gasteiger partial charge is 0.306 e. The van der Waals surface area contributed by atoms with Crippen molar-refractivity contribution in [3.05, 3.63) is 95.1 Å². The molecule has 0 aliphatic carbocycles. The van der Waals surface area contributed by atoms with Gasteiger partial charge in [0.1, 0.15) is 18.1 Å². The van der Waals surface area contributed by atoms with Crippen molar-refractivity contribution in [3.63, 3.8) is 0 Å². The molecule has 0 heterocycles. The molecule has 0 aromatic heterocycles. The number of aliphatic hydroxyl groups is 1. The highest BCUT2D eigenvalue weighted by Crippen LogP contribution is 2.43. The van der Waals surface area contributed by atoms with E-state index in [2.05, 4.69) is 0 Å². The molecule has 0 aliphatic rings. The van der Waals surface area contributed by atoms with Crippen molar-refractivity contribution in [2.45, 2.75) is 27.1 Å². The second-order valence-corrected chi connectivity index (χ2v) is 10.8. The summed E-state index contributed by atoms with van der Waals surface area (Å²) in [5, 5.41) is 10.4. The van der Waals surface area contributed by atoms with Gasteiger partial charge in [0, 0.05) is 5.56 Å². The number of aryl methyl sites for hydroxylation is 1. The van der Waals surface area contributed by atoms with Crippen molar-refractivity contribution < 1.29 is 31.9 Å². The molecule has 204 valence electrons. The molecule has 0 fully saturated rings. The van der Waals surface area contributed by atoms with E-state index in [-0.39, 0.29) is 12.4 Å². The minimum absolute atomic E-state index is 0.214. The van der Waals surface area contributed by atoms with E-state index in [9.17, 15) is 13.5 Å². The van der Waals surface area contributed by atoms with Gasteiger partial charge in [0.15, 0.2) is 11.5 Å². The standard InChI is InChI=1S/C31H32O7S/c1-20-6-8-22(9-7-20)19-37-28-15-12-24(16-29(28)35-3)31-27(18-32)21(2)26(17-30(31)36-4)23-10-13-25(14-11-23)38-39(5,33)34/h6-17,32H,18-19H2,1-5H3. The topological polar surface area (TPSA) is 91.3 Å². The maximum Gasteiger partial charge on any atom is 0.306 e. The van der Waals surface area contributed by atoms with Gasteiger partial charge in [0.2, 0.25) is 0 Å². The molecule has 0 bridgehead atoms. The summed E-state index contributed by atoms with van der Waals surface area (Å²) in [7, 11) is -0.449. The van der Waals surface area contributed by atoms with E-state index < -0.39 is 10.1 Å². The van der Waals surface area contributed by atoms with Crippen LogP contribution in [-0.2, 0) is 23.3 Å². The van der Waals surface area contributed by atoms with Gasteiger partial charge in [-0.1, -0.05) is 48.0 Å². The van der Waals surface area contributed by atoms with Crippen LogP contribution in [0, 0.1) is 13.8 Å². The normalized spacial score (nSPS) is 11.2. The maximum absolute atomic E-state index is 11.4. The molecule has 0 radical (unpaired) electrons. The summed E-state index contributed by atoms with van der Waals surface area (Å²) in [6.45, 7) is 4.17. The summed E-state index contributed by atoms with van der Waals surface area (Å²) in [5.41, 5.74) is 7.04. The fourth-order valence-electron chi connectivity index (χ4n) is 4.44. The van der Waals surface area contributed by atoms with Crippen LogP contribution in [0.15, 0.2) is 72.8 Å². The van der Waals surface area contributed by atoms with Crippen LogP contribution in [0.25, 0.3) is 22.3 Å². The molecule has 0 amide bonds. The van der Waals surface area contributed by atoms with Gasteiger partial charge >= 0.3 is 10.1 Å². The molecule has 1 N–H and O–H groups in total. The Bertz CT molecular complexity index is 1560. The lowest BCUT2D eigenvalue weighted by Crippen LogP contribution is -2.05. The average Bonchev–Trinajstić information content (AvgIpc) is 2.92. The minimum atomic E-state index is -3.62. The van der Waals surface area contributed by atoms with E-state index in [0.29, 0.717) is 29.4 Å².